The highest BCUT2D eigenvalue weighted by atomic mass is 32.2. The van der Waals surface area contributed by atoms with Crippen molar-refractivity contribution >= 4 is 51.9 Å². The van der Waals surface area contributed by atoms with E-state index in [0.717, 1.165) is 23.5 Å². The maximum atomic E-state index is 13.0. The molecule has 36 heavy (non-hydrogen) atoms. The van der Waals surface area contributed by atoms with E-state index < -0.39 is 29.2 Å². The van der Waals surface area contributed by atoms with Crippen molar-refractivity contribution in [2.24, 2.45) is 5.16 Å². The molecular formula is C22H22N7O5S2+. The van der Waals surface area contributed by atoms with Crippen LogP contribution in [0.1, 0.15) is 18.3 Å². The van der Waals surface area contributed by atoms with Gasteiger partial charge in [-0.2, -0.15) is 9.36 Å². The van der Waals surface area contributed by atoms with Crippen LogP contribution in [0.2, 0.25) is 0 Å². The Morgan fingerprint density at radius 1 is 1.50 bits per heavy atom. The number of hydrogen-bond donors (Lipinski definition) is 3. The van der Waals surface area contributed by atoms with Gasteiger partial charge in [-0.05, 0) is 12.5 Å². The molecule has 4 heterocycles. The first-order valence-electron chi connectivity index (χ1n) is 10.8. The molecule has 4 N–H and O–H groups in total. The SMILES string of the molecule is C#CCON=C(C(=O)NC1C(=O)N2C(C(=O)O)=C(C[n+]3cccc(CC)c3)CS[C@@H]12)c1nsc(N)n1. The van der Waals surface area contributed by atoms with Gasteiger partial charge in [-0.3, -0.25) is 14.5 Å². The number of hydrogen-bond acceptors (Lipinski definition) is 10. The van der Waals surface area contributed by atoms with Gasteiger partial charge in [0, 0.05) is 34.5 Å². The number of β-lactam (4-membered cyclic amide) rings is 1. The van der Waals surface area contributed by atoms with Gasteiger partial charge < -0.3 is 21.0 Å². The molecule has 186 valence electrons. The van der Waals surface area contributed by atoms with Gasteiger partial charge in [-0.1, -0.05) is 18.0 Å². The summed E-state index contributed by atoms with van der Waals surface area (Å²) in [4.78, 5) is 48.2. The average Bonchev–Trinajstić information content (AvgIpc) is 3.30. The minimum atomic E-state index is -1.20. The number of aryl methyl sites for hydroxylation is 1. The van der Waals surface area contributed by atoms with Gasteiger partial charge >= 0.3 is 5.97 Å². The van der Waals surface area contributed by atoms with E-state index >= 15 is 0 Å². The van der Waals surface area contributed by atoms with Gasteiger partial charge in [0.05, 0.1) is 0 Å². The molecule has 1 unspecified atom stereocenters. The van der Waals surface area contributed by atoms with Gasteiger partial charge in [-0.15, -0.1) is 18.2 Å². The lowest BCUT2D eigenvalue weighted by Gasteiger charge is -2.49. The van der Waals surface area contributed by atoms with Crippen molar-refractivity contribution in [3.8, 4) is 12.3 Å². The zero-order valence-corrected chi connectivity index (χ0v) is 20.7. The number of carboxylic acid groups (broad SMARTS) is 1. The molecule has 2 atom stereocenters. The lowest BCUT2D eigenvalue weighted by Crippen LogP contribution is -2.71. The summed E-state index contributed by atoms with van der Waals surface area (Å²) >= 11 is 2.23. The number of oxime groups is 1. The van der Waals surface area contributed by atoms with E-state index in [4.69, 9.17) is 17.0 Å². The zero-order valence-electron chi connectivity index (χ0n) is 19.1. The maximum absolute atomic E-state index is 13.0. The zero-order chi connectivity index (χ0) is 25.8. The van der Waals surface area contributed by atoms with Crippen LogP contribution in [0.15, 0.2) is 41.0 Å². The molecule has 0 aromatic carbocycles. The minimum Gasteiger partial charge on any atom is -0.477 e. The molecule has 0 aliphatic carbocycles. The largest absolute Gasteiger partial charge is 0.477 e. The highest BCUT2D eigenvalue weighted by molar-refractivity contribution is 8.00. The quantitative estimate of drug-likeness (QED) is 0.0995. The summed E-state index contributed by atoms with van der Waals surface area (Å²) < 4.78 is 5.85. The molecule has 0 radical (unpaired) electrons. The third-order valence-corrected chi connectivity index (χ3v) is 7.29. The Balaban J connectivity index is 1.53. The van der Waals surface area contributed by atoms with Gasteiger partial charge in [-0.25, -0.2) is 9.36 Å². The molecule has 0 spiro atoms. The molecule has 1 fully saturated rings. The summed E-state index contributed by atoms with van der Waals surface area (Å²) in [5.74, 6) is -0.00232. The Labute approximate surface area is 214 Å². The molecule has 2 amide bonds. The average molecular weight is 529 g/mol. The summed E-state index contributed by atoms with van der Waals surface area (Å²) in [5, 5.41) is 15.7. The van der Waals surface area contributed by atoms with Crippen LogP contribution in [-0.4, -0.2) is 66.6 Å². The van der Waals surface area contributed by atoms with E-state index in [1.165, 1.54) is 16.7 Å². The highest BCUT2D eigenvalue weighted by Crippen LogP contribution is 2.40. The number of nitrogens with one attached hydrogen (secondary N) is 1. The van der Waals surface area contributed by atoms with Gasteiger partial charge in [0.2, 0.25) is 11.5 Å². The van der Waals surface area contributed by atoms with Crippen LogP contribution in [0, 0.1) is 12.3 Å². The number of nitrogens with two attached hydrogens (primary N) is 1. The summed E-state index contributed by atoms with van der Waals surface area (Å²) in [6.07, 6.45) is 9.80. The third-order valence-electron chi connectivity index (χ3n) is 5.41. The lowest BCUT2D eigenvalue weighted by molar-refractivity contribution is -0.689. The Morgan fingerprint density at radius 2 is 2.31 bits per heavy atom. The second-order valence-electron chi connectivity index (χ2n) is 7.73. The van der Waals surface area contributed by atoms with Gasteiger partial charge in [0.1, 0.15) is 17.1 Å². The molecular weight excluding hydrogens is 506 g/mol. The van der Waals surface area contributed by atoms with E-state index in [2.05, 4.69) is 25.8 Å². The number of nitrogen functional groups attached to an aromatic ring is 1. The van der Waals surface area contributed by atoms with Crippen LogP contribution in [0.3, 0.4) is 0 Å². The topological polar surface area (TPSA) is 164 Å². The van der Waals surface area contributed by atoms with E-state index in [-0.39, 0.29) is 29.0 Å². The Kier molecular flexibility index (Phi) is 7.51. The monoisotopic (exact) mass is 528 g/mol. The molecule has 2 aliphatic heterocycles. The van der Waals surface area contributed by atoms with Crippen LogP contribution < -0.4 is 15.6 Å². The van der Waals surface area contributed by atoms with Crippen LogP contribution in [0.25, 0.3) is 0 Å². The fourth-order valence-corrected chi connectivity index (χ4v) is 5.54. The lowest BCUT2D eigenvalue weighted by atomic mass is 10.0. The number of terminal acetylenes is 1. The number of carboxylic acids is 1. The number of nitrogens with zero attached hydrogens (tertiary/aromatic N) is 5. The predicted molar refractivity (Wildman–Crippen MR) is 131 cm³/mol. The molecule has 14 heteroatoms. The van der Waals surface area contributed by atoms with Crippen molar-refractivity contribution in [2.75, 3.05) is 18.1 Å². The molecule has 4 rings (SSSR count). The number of carbonyl (C=O) groups excluding carboxylic acids is 2. The molecule has 0 bridgehead atoms. The molecule has 1 saturated heterocycles. The Bertz CT molecular complexity index is 1320. The van der Waals surface area contributed by atoms with Crippen molar-refractivity contribution in [1.29, 1.82) is 0 Å². The molecule has 2 aromatic heterocycles. The number of pyridine rings is 1. The molecule has 2 aliphatic rings. The number of fused-ring (bicyclic) bond motifs is 1. The predicted octanol–water partition coefficient (Wildman–Crippen LogP) is -0.237. The number of thioether (sulfide) groups is 1. The first kappa shape index (κ1) is 25.1. The first-order valence-corrected chi connectivity index (χ1v) is 12.6. The molecule has 0 saturated carbocycles. The number of amides is 2. The maximum Gasteiger partial charge on any atom is 0.352 e. The third kappa shape index (κ3) is 5.02. The van der Waals surface area contributed by atoms with Crippen LogP contribution in [0.5, 0.6) is 0 Å². The summed E-state index contributed by atoms with van der Waals surface area (Å²) in [7, 11) is 0. The Hall–Kier alpha value is -3.96. The number of aliphatic carboxylic acids is 1. The number of anilines is 1. The van der Waals surface area contributed by atoms with Crippen molar-refractivity contribution in [3.05, 3.63) is 47.2 Å². The number of aromatic nitrogens is 3. The smallest absolute Gasteiger partial charge is 0.352 e. The highest BCUT2D eigenvalue weighted by Gasteiger charge is 2.54. The summed E-state index contributed by atoms with van der Waals surface area (Å²) in [6.45, 7) is 2.17. The van der Waals surface area contributed by atoms with E-state index in [1.807, 2.05) is 36.0 Å². The van der Waals surface area contributed by atoms with E-state index in [0.29, 0.717) is 17.9 Å². The van der Waals surface area contributed by atoms with E-state index in [9.17, 15) is 19.5 Å². The number of rotatable bonds is 9. The van der Waals surface area contributed by atoms with Crippen LogP contribution >= 0.6 is 23.3 Å². The standard InChI is InChI=1S/C22H21N7O5S2/c1-3-8-34-26-14(17-25-22(23)36-27-17)18(30)24-15-19(31)29-16(21(32)33)13(11-35-20(15)29)10-28-7-5-6-12(4-2)9-28/h1,5-7,9,15,20H,4,8,10-11H2,2H3,(H3-,23,24,25,27,30,32,33)/p+1/t15?,20-/m0/s1. The molecule has 12 nitrogen and oxygen atoms in total. The van der Waals surface area contributed by atoms with Crippen molar-refractivity contribution in [3.63, 3.8) is 0 Å². The minimum absolute atomic E-state index is 0.0659. The van der Waals surface area contributed by atoms with Crippen molar-refractivity contribution in [2.45, 2.75) is 31.3 Å². The Morgan fingerprint density at radius 3 is 2.97 bits per heavy atom. The normalized spacial score (nSPS) is 19.3. The van der Waals surface area contributed by atoms with Crippen molar-refractivity contribution < 1.29 is 28.9 Å². The first-order chi connectivity index (χ1) is 17.3. The van der Waals surface area contributed by atoms with Crippen molar-refractivity contribution in [1.82, 2.24) is 19.6 Å². The summed E-state index contributed by atoms with van der Waals surface area (Å²) in [6, 6.07) is 2.92. The van der Waals surface area contributed by atoms with Gasteiger partial charge in [0.15, 0.2) is 30.7 Å². The second-order valence-corrected chi connectivity index (χ2v) is 9.62. The second kappa shape index (κ2) is 10.8. The molecule has 2 aromatic rings. The summed E-state index contributed by atoms with van der Waals surface area (Å²) in [5.41, 5.74) is 6.96. The van der Waals surface area contributed by atoms with E-state index in [1.54, 1.807) is 0 Å². The number of carbonyl (C=O) groups is 3. The van der Waals surface area contributed by atoms with Crippen LogP contribution in [-0.2, 0) is 32.2 Å². The van der Waals surface area contributed by atoms with Crippen LogP contribution in [0.4, 0.5) is 5.13 Å². The van der Waals surface area contributed by atoms with Gasteiger partial charge in [0.25, 0.3) is 11.8 Å². The fraction of sp³-hybridized carbons (Fsp3) is 0.318. The fourth-order valence-electron chi connectivity index (χ4n) is 3.77.